The average molecular weight is 436 g/mol. The van der Waals surface area contributed by atoms with Crippen LogP contribution in [0.5, 0.6) is 0 Å². The minimum absolute atomic E-state index is 0.0572. The monoisotopic (exact) mass is 435 g/mol. The van der Waals surface area contributed by atoms with Crippen LogP contribution in [-0.4, -0.2) is 28.2 Å². The summed E-state index contributed by atoms with van der Waals surface area (Å²) in [7, 11) is -3.75. The highest BCUT2D eigenvalue weighted by Gasteiger charge is 2.19. The van der Waals surface area contributed by atoms with E-state index in [0.717, 1.165) is 20.6 Å². The lowest BCUT2D eigenvalue weighted by Gasteiger charge is -2.09. The van der Waals surface area contributed by atoms with Crippen LogP contribution in [0.15, 0.2) is 61.5 Å². The van der Waals surface area contributed by atoms with Crippen molar-refractivity contribution in [3.63, 3.8) is 0 Å². The van der Waals surface area contributed by atoms with Crippen molar-refractivity contribution in [1.29, 1.82) is 0 Å². The first kappa shape index (κ1) is 18.3. The van der Waals surface area contributed by atoms with Crippen LogP contribution in [0.1, 0.15) is 5.69 Å². The Hall–Kier alpha value is -2.05. The molecule has 4 rings (SSSR count). The third-order valence-electron chi connectivity index (χ3n) is 3.57. The topological polar surface area (TPSA) is 104 Å². The van der Waals surface area contributed by atoms with Crippen LogP contribution in [0.3, 0.4) is 0 Å². The third kappa shape index (κ3) is 3.82. The number of thiazole rings is 1. The van der Waals surface area contributed by atoms with Gasteiger partial charge in [0.05, 0.1) is 9.77 Å². The van der Waals surface area contributed by atoms with Gasteiger partial charge in [0, 0.05) is 16.8 Å². The zero-order chi connectivity index (χ0) is 19.0. The van der Waals surface area contributed by atoms with Crippen molar-refractivity contribution in [2.45, 2.75) is 21.3 Å². The molecule has 0 aliphatic rings. The van der Waals surface area contributed by atoms with Crippen LogP contribution < -0.4 is 5.14 Å². The summed E-state index contributed by atoms with van der Waals surface area (Å²) in [6.45, 7) is 1.94. The molecule has 0 saturated carbocycles. The number of aromatic nitrogens is 4. The van der Waals surface area contributed by atoms with E-state index in [0.29, 0.717) is 11.0 Å². The van der Waals surface area contributed by atoms with Gasteiger partial charge in [-0.1, -0.05) is 6.07 Å². The van der Waals surface area contributed by atoms with Crippen LogP contribution in [0.4, 0.5) is 0 Å². The zero-order valence-electron chi connectivity index (χ0n) is 13.9. The molecule has 1 aromatic carbocycles. The molecule has 0 aliphatic carbocycles. The number of hydrogen-bond donors (Lipinski definition) is 1. The lowest BCUT2D eigenvalue weighted by molar-refractivity contribution is 0.598. The van der Waals surface area contributed by atoms with Gasteiger partial charge in [-0.25, -0.2) is 18.5 Å². The Morgan fingerprint density at radius 3 is 2.48 bits per heavy atom. The predicted molar refractivity (Wildman–Crippen MR) is 107 cm³/mol. The second-order valence-corrected chi connectivity index (χ2v) is 10.1. The molecule has 3 aromatic heterocycles. The van der Waals surface area contributed by atoms with E-state index >= 15 is 0 Å². The molecule has 0 spiro atoms. The highest BCUT2D eigenvalue weighted by molar-refractivity contribution is 8.00. The molecule has 0 atom stereocenters. The predicted octanol–water partition coefficient (Wildman–Crippen LogP) is 3.56. The van der Waals surface area contributed by atoms with Crippen LogP contribution >= 0.6 is 34.4 Å². The van der Waals surface area contributed by atoms with Crippen LogP contribution in [0.2, 0.25) is 0 Å². The highest BCUT2D eigenvalue weighted by atomic mass is 32.2. The van der Waals surface area contributed by atoms with E-state index in [1.165, 1.54) is 35.2 Å². The van der Waals surface area contributed by atoms with Crippen molar-refractivity contribution in [2.75, 3.05) is 0 Å². The van der Waals surface area contributed by atoms with Gasteiger partial charge in [-0.15, -0.1) is 32.9 Å². The maximum Gasteiger partial charge on any atom is 0.238 e. The van der Waals surface area contributed by atoms with E-state index in [1.54, 1.807) is 23.5 Å². The molecule has 4 aromatic rings. The van der Waals surface area contributed by atoms with Gasteiger partial charge in [0.15, 0.2) is 10.2 Å². The molecule has 2 N–H and O–H groups in total. The number of hydrogen-bond acceptors (Lipinski definition) is 8. The highest BCUT2D eigenvalue weighted by Crippen LogP contribution is 2.35. The van der Waals surface area contributed by atoms with Gasteiger partial charge in [0.2, 0.25) is 15.2 Å². The first-order chi connectivity index (χ1) is 12.9. The third-order valence-corrected chi connectivity index (χ3v) is 7.37. The number of aryl methyl sites for hydroxylation is 1. The molecular formula is C16H13N5O2S4. The first-order valence-electron chi connectivity index (χ1n) is 7.64. The van der Waals surface area contributed by atoms with Crippen molar-refractivity contribution >= 4 is 44.5 Å². The Bertz CT molecular complexity index is 1180. The van der Waals surface area contributed by atoms with Crippen LogP contribution in [0, 0.1) is 6.92 Å². The average Bonchev–Trinajstić information content (AvgIpc) is 3.35. The Kier molecular flexibility index (Phi) is 4.86. The summed E-state index contributed by atoms with van der Waals surface area (Å²) in [5.74, 6) is 0.684. The van der Waals surface area contributed by atoms with E-state index in [1.807, 2.05) is 34.4 Å². The summed E-state index contributed by atoms with van der Waals surface area (Å²) in [4.78, 5) is 5.48. The van der Waals surface area contributed by atoms with Gasteiger partial charge in [0.25, 0.3) is 0 Å². The Labute approximate surface area is 168 Å². The molecule has 7 nitrogen and oxygen atoms in total. The summed E-state index contributed by atoms with van der Waals surface area (Å²) >= 11 is 4.51. The zero-order valence-corrected chi connectivity index (χ0v) is 17.2. The molecular weight excluding hydrogens is 422 g/mol. The maximum absolute atomic E-state index is 11.5. The minimum atomic E-state index is -3.75. The number of benzene rings is 1. The fraction of sp³-hybridized carbons (Fsp3) is 0.0625. The fourth-order valence-corrected chi connectivity index (χ4v) is 5.38. The molecule has 0 amide bonds. The van der Waals surface area contributed by atoms with Gasteiger partial charge in [-0.3, -0.25) is 4.57 Å². The molecule has 0 saturated heterocycles. The number of rotatable bonds is 5. The number of primary sulfonamides is 1. The lowest BCUT2D eigenvalue weighted by atomic mass is 10.3. The summed E-state index contributed by atoms with van der Waals surface area (Å²) < 4.78 is 25.8. The standard InChI is InChI=1S/C16H13N5O2S4/c1-10-9-25-16(18-10)26-15-20-19-14(13-3-2-8-24-13)21(15)11-4-6-12(7-5-11)27(17,22)23/h2-9H,1H3,(H2,17,22,23). The second kappa shape index (κ2) is 7.17. The number of sulfonamides is 1. The number of thiophene rings is 1. The Morgan fingerprint density at radius 2 is 1.89 bits per heavy atom. The molecule has 0 fully saturated rings. The molecule has 27 heavy (non-hydrogen) atoms. The second-order valence-electron chi connectivity index (χ2n) is 5.51. The first-order valence-corrected chi connectivity index (χ1v) is 11.8. The van der Waals surface area contributed by atoms with E-state index in [9.17, 15) is 8.42 Å². The molecule has 11 heteroatoms. The van der Waals surface area contributed by atoms with Gasteiger partial charge in [-0.05, 0) is 54.4 Å². The van der Waals surface area contributed by atoms with Crippen molar-refractivity contribution < 1.29 is 8.42 Å². The smallest absolute Gasteiger partial charge is 0.238 e. The van der Waals surface area contributed by atoms with E-state index in [2.05, 4.69) is 15.2 Å². The minimum Gasteiger partial charge on any atom is -0.269 e. The summed E-state index contributed by atoms with van der Waals surface area (Å²) in [6.07, 6.45) is 0. The largest absolute Gasteiger partial charge is 0.269 e. The normalized spacial score (nSPS) is 11.8. The fourth-order valence-electron chi connectivity index (χ4n) is 2.38. The number of nitrogens with zero attached hydrogens (tertiary/aromatic N) is 4. The molecule has 0 radical (unpaired) electrons. The Morgan fingerprint density at radius 1 is 1.11 bits per heavy atom. The molecule has 3 heterocycles. The molecule has 0 unspecified atom stereocenters. The van der Waals surface area contributed by atoms with Gasteiger partial charge >= 0.3 is 0 Å². The van der Waals surface area contributed by atoms with Crippen LogP contribution in [-0.2, 0) is 10.0 Å². The Balaban J connectivity index is 1.82. The quantitative estimate of drug-likeness (QED) is 0.514. The summed E-state index contributed by atoms with van der Waals surface area (Å²) in [5, 5.41) is 18.5. The maximum atomic E-state index is 11.5. The summed E-state index contributed by atoms with van der Waals surface area (Å²) in [6, 6.07) is 10.2. The number of nitrogens with two attached hydrogens (primary N) is 1. The SMILES string of the molecule is Cc1csc(Sc2nnc(-c3cccs3)n2-c2ccc(S(N)(=O)=O)cc2)n1. The van der Waals surface area contributed by atoms with Gasteiger partial charge < -0.3 is 0 Å². The van der Waals surface area contributed by atoms with E-state index < -0.39 is 10.0 Å². The van der Waals surface area contributed by atoms with Crippen molar-refractivity contribution in [3.05, 3.63) is 52.9 Å². The summed E-state index contributed by atoms with van der Waals surface area (Å²) in [5.41, 5.74) is 1.69. The van der Waals surface area contributed by atoms with Crippen molar-refractivity contribution in [2.24, 2.45) is 5.14 Å². The van der Waals surface area contributed by atoms with E-state index in [4.69, 9.17) is 5.14 Å². The van der Waals surface area contributed by atoms with E-state index in [-0.39, 0.29) is 4.90 Å². The van der Waals surface area contributed by atoms with Crippen molar-refractivity contribution in [1.82, 2.24) is 19.7 Å². The van der Waals surface area contributed by atoms with Crippen molar-refractivity contribution in [3.8, 4) is 16.4 Å². The molecule has 0 aliphatic heterocycles. The van der Waals surface area contributed by atoms with Gasteiger partial charge in [-0.2, -0.15) is 0 Å². The molecule has 138 valence electrons. The molecule has 0 bridgehead atoms. The van der Waals surface area contributed by atoms with Crippen LogP contribution in [0.25, 0.3) is 16.4 Å². The lowest BCUT2D eigenvalue weighted by Crippen LogP contribution is -2.12. The van der Waals surface area contributed by atoms with Gasteiger partial charge in [0.1, 0.15) is 0 Å².